The van der Waals surface area contributed by atoms with Crippen molar-refractivity contribution in [2.24, 2.45) is 0 Å². The summed E-state index contributed by atoms with van der Waals surface area (Å²) in [7, 11) is -1.50. The van der Waals surface area contributed by atoms with E-state index in [1.807, 2.05) is 110 Å². The normalized spacial score (nSPS) is 12.0. The average molecular weight is 999 g/mol. The van der Waals surface area contributed by atoms with Gasteiger partial charge in [-0.3, -0.25) is 4.98 Å². The second-order valence-corrected chi connectivity index (χ2v) is 22.0. The van der Waals surface area contributed by atoms with Crippen LogP contribution in [0, 0.1) is 23.8 Å². The standard InChI is InChI=1S/C35H19F2N2S.C17H22NSi.Ir/c36-29-12-4-3-9-25(29)23-16-18-26-27-10-5-11-28(34(27)40-32(26)20-23)35-38-31-14-6-13-30(37)33(31)39(35)24-17-15-21-7-1-2-8-22(21)19-24;1-13(2)15-11-16(14-9-7-6-8-10-14)18-12-17(15)19(3,4)5;/h1-10,12-20H;6-9,11-13H,1-5H3;/q2*-1;/i;13D;. The summed E-state index contributed by atoms with van der Waals surface area (Å²) in [4.78, 5) is 9.56. The molecule has 0 N–H and O–H groups in total. The Hall–Kier alpha value is -5.63. The van der Waals surface area contributed by atoms with E-state index in [2.05, 4.69) is 67.1 Å². The minimum atomic E-state index is -1.50. The predicted molar refractivity (Wildman–Crippen MR) is 247 cm³/mol. The molecule has 7 aromatic carbocycles. The summed E-state index contributed by atoms with van der Waals surface area (Å²) in [5, 5.41) is 5.59. The van der Waals surface area contributed by atoms with Crippen LogP contribution in [0.3, 0.4) is 0 Å². The van der Waals surface area contributed by atoms with E-state index in [-0.39, 0.29) is 31.7 Å². The van der Waals surface area contributed by atoms with Gasteiger partial charge in [0, 0.05) is 43.6 Å². The summed E-state index contributed by atoms with van der Waals surface area (Å²) in [6, 6.07) is 52.6. The molecule has 60 heavy (non-hydrogen) atoms. The number of benzene rings is 7. The van der Waals surface area contributed by atoms with Crippen molar-refractivity contribution in [2.45, 2.75) is 39.4 Å². The van der Waals surface area contributed by atoms with Crippen LogP contribution in [0.2, 0.25) is 19.6 Å². The zero-order valence-electron chi connectivity index (χ0n) is 34.8. The van der Waals surface area contributed by atoms with Crippen molar-refractivity contribution in [1.29, 1.82) is 0 Å². The largest absolute Gasteiger partial charge is 0.331 e. The Kier molecular flexibility index (Phi) is 11.1. The van der Waals surface area contributed by atoms with Gasteiger partial charge in [-0.2, -0.15) is 11.3 Å². The molecule has 0 bridgehead atoms. The van der Waals surface area contributed by atoms with Gasteiger partial charge in [0.05, 0.1) is 24.9 Å². The van der Waals surface area contributed by atoms with Crippen molar-refractivity contribution in [2.75, 3.05) is 0 Å². The van der Waals surface area contributed by atoms with Gasteiger partial charge in [-0.25, -0.2) is 8.78 Å². The fraction of sp³-hybridized carbons (Fsp3) is 0.115. The first kappa shape index (κ1) is 39.8. The quantitative estimate of drug-likeness (QED) is 0.123. The molecule has 0 saturated carbocycles. The first-order chi connectivity index (χ1) is 28.8. The molecule has 0 spiro atoms. The molecule has 3 heterocycles. The second-order valence-electron chi connectivity index (χ2n) is 15.9. The van der Waals surface area contributed by atoms with Crippen LogP contribution < -0.4 is 5.19 Å². The minimum absolute atomic E-state index is 0. The van der Waals surface area contributed by atoms with Gasteiger partial charge < -0.3 is 9.55 Å². The van der Waals surface area contributed by atoms with Crippen molar-refractivity contribution in [3.8, 4) is 39.5 Å². The Balaban J connectivity index is 0.000000208. The summed E-state index contributed by atoms with van der Waals surface area (Å²) in [5.74, 6) is -0.560. The van der Waals surface area contributed by atoms with E-state index in [0.29, 0.717) is 22.4 Å². The number of hydrogen-bond acceptors (Lipinski definition) is 3. The van der Waals surface area contributed by atoms with E-state index >= 15 is 4.39 Å². The number of aromatic nitrogens is 3. The van der Waals surface area contributed by atoms with Crippen LogP contribution in [0.5, 0.6) is 0 Å². The molecule has 0 saturated heterocycles. The first-order valence-electron chi connectivity index (χ1n) is 20.1. The molecule has 0 unspecified atom stereocenters. The molecular weight excluding hydrogens is 957 g/mol. The first-order valence-corrected chi connectivity index (χ1v) is 23.9. The molecule has 0 amide bonds. The molecule has 0 fully saturated rings. The van der Waals surface area contributed by atoms with Crippen LogP contribution in [-0.4, -0.2) is 22.6 Å². The summed E-state index contributed by atoms with van der Waals surface area (Å²) in [5.41, 5.74) is 7.03. The van der Waals surface area contributed by atoms with E-state index in [0.717, 1.165) is 64.6 Å². The van der Waals surface area contributed by atoms with Gasteiger partial charge >= 0.3 is 0 Å². The van der Waals surface area contributed by atoms with Gasteiger partial charge in [-0.1, -0.05) is 123 Å². The van der Waals surface area contributed by atoms with Crippen molar-refractivity contribution in [1.82, 2.24) is 14.5 Å². The van der Waals surface area contributed by atoms with Crippen molar-refractivity contribution in [3.63, 3.8) is 0 Å². The topological polar surface area (TPSA) is 30.7 Å². The molecule has 0 atom stereocenters. The molecule has 10 aromatic rings. The molecule has 0 aliphatic carbocycles. The molecule has 0 aliphatic rings. The van der Waals surface area contributed by atoms with Gasteiger partial charge in [0.15, 0.2) is 0 Å². The summed E-state index contributed by atoms with van der Waals surface area (Å²) in [6.07, 6.45) is 1.98. The average Bonchev–Trinajstić information content (AvgIpc) is 3.83. The number of rotatable bonds is 6. The smallest absolute Gasteiger partial charge is 0.148 e. The van der Waals surface area contributed by atoms with Gasteiger partial charge in [-0.05, 0) is 79.6 Å². The third-order valence-corrected chi connectivity index (χ3v) is 13.9. The number of nitrogens with zero attached hydrogens (tertiary/aromatic N) is 3. The van der Waals surface area contributed by atoms with E-state index in [1.54, 1.807) is 29.5 Å². The van der Waals surface area contributed by atoms with Gasteiger partial charge in [-0.15, -0.1) is 54.1 Å². The second kappa shape index (κ2) is 16.8. The number of thiophene rings is 1. The van der Waals surface area contributed by atoms with Crippen LogP contribution >= 0.6 is 11.3 Å². The predicted octanol–water partition coefficient (Wildman–Crippen LogP) is 14.2. The van der Waals surface area contributed by atoms with Crippen LogP contribution in [0.15, 0.2) is 152 Å². The Labute approximate surface area is 369 Å². The third-order valence-electron chi connectivity index (χ3n) is 10.7. The Morgan fingerprint density at radius 2 is 1.50 bits per heavy atom. The molecule has 3 nitrogen and oxygen atoms in total. The van der Waals surface area contributed by atoms with Gasteiger partial charge in [0.25, 0.3) is 0 Å². The molecule has 10 rings (SSSR count). The van der Waals surface area contributed by atoms with Gasteiger partial charge in [0.2, 0.25) is 0 Å². The molecule has 3 aromatic heterocycles. The van der Waals surface area contributed by atoms with Crippen molar-refractivity contribution in [3.05, 3.63) is 181 Å². The Morgan fingerprint density at radius 3 is 2.27 bits per heavy atom. The zero-order valence-corrected chi connectivity index (χ0v) is 38.0. The SMILES string of the molecule is Fc1ccccc1-c1ccc2c(c1)sc1c(-c3nc4cccc(F)c4n3-c3ccc4ccccc4c3)[c-]ccc12.[2H]C(C)(C)c1cc(-c2[c-]cccc2)ncc1[Si](C)(C)C.[Ir]. The van der Waals surface area contributed by atoms with E-state index in [9.17, 15) is 4.39 Å². The van der Waals surface area contributed by atoms with E-state index in [1.165, 1.54) is 17.3 Å². The van der Waals surface area contributed by atoms with Crippen LogP contribution in [0.25, 0.3) is 81.4 Å². The van der Waals surface area contributed by atoms with Gasteiger partial charge in [0.1, 0.15) is 11.6 Å². The minimum Gasteiger partial charge on any atom is -0.331 e. The number of pyridine rings is 1. The zero-order chi connectivity index (χ0) is 41.8. The summed E-state index contributed by atoms with van der Waals surface area (Å²) < 4.78 is 42.3. The fourth-order valence-corrected chi connectivity index (χ4v) is 10.6. The molecule has 1 radical (unpaired) electrons. The number of halogens is 2. The Morgan fingerprint density at radius 1 is 0.733 bits per heavy atom. The molecular formula is C52H41F2IrN3SSi-2. The number of fused-ring (bicyclic) bond motifs is 5. The van der Waals surface area contributed by atoms with Crippen LogP contribution in [0.4, 0.5) is 8.78 Å². The van der Waals surface area contributed by atoms with E-state index in [4.69, 9.17) is 6.35 Å². The maximum Gasteiger partial charge on any atom is 0.148 e. The van der Waals surface area contributed by atoms with E-state index < -0.39 is 14.0 Å². The molecule has 299 valence electrons. The summed E-state index contributed by atoms with van der Waals surface area (Å²) >= 11 is 1.62. The number of hydrogen-bond donors (Lipinski definition) is 0. The monoisotopic (exact) mass is 999 g/mol. The maximum absolute atomic E-state index is 15.4. The molecule has 0 aliphatic heterocycles. The maximum atomic E-state index is 15.4. The fourth-order valence-electron chi connectivity index (χ4n) is 7.76. The van der Waals surface area contributed by atoms with Crippen LogP contribution in [0.1, 0.15) is 26.7 Å². The van der Waals surface area contributed by atoms with Crippen molar-refractivity contribution < 1.29 is 30.3 Å². The Bertz CT molecular complexity index is 3220. The van der Waals surface area contributed by atoms with Crippen molar-refractivity contribution >= 4 is 66.6 Å². The van der Waals surface area contributed by atoms with Crippen LogP contribution in [-0.2, 0) is 20.1 Å². The third kappa shape index (κ3) is 7.77. The molecule has 8 heteroatoms. The number of para-hydroxylation sites is 1. The number of imidazole rings is 1. The summed E-state index contributed by atoms with van der Waals surface area (Å²) in [6.45, 7) is 10.8.